The predicted octanol–water partition coefficient (Wildman–Crippen LogP) is 2.70. The number of nitrogens with zero attached hydrogens (tertiary/aromatic N) is 4. The zero-order valence-electron chi connectivity index (χ0n) is 18.0. The van der Waals surface area contributed by atoms with E-state index < -0.39 is 5.69 Å². The van der Waals surface area contributed by atoms with Gasteiger partial charge in [-0.25, -0.2) is 4.79 Å². The normalized spacial score (nSPS) is 11.2. The maximum absolute atomic E-state index is 13.2. The molecule has 2 aromatic heterocycles. The molecule has 0 aliphatic rings. The SMILES string of the molecule is CCOc1ccc(-c2noc(Cn3c(=O)n(CCCOC)c(=O)c4ccccc43)n2)cc1. The van der Waals surface area contributed by atoms with Crippen LogP contribution in [0.15, 0.2) is 62.6 Å². The lowest BCUT2D eigenvalue weighted by Gasteiger charge is -2.12. The highest BCUT2D eigenvalue weighted by Crippen LogP contribution is 2.20. The Hall–Kier alpha value is -3.72. The summed E-state index contributed by atoms with van der Waals surface area (Å²) in [6.45, 7) is 3.27. The lowest BCUT2D eigenvalue weighted by Crippen LogP contribution is -2.40. The van der Waals surface area contributed by atoms with Crippen LogP contribution in [0.2, 0.25) is 0 Å². The first kappa shape index (κ1) is 21.5. The van der Waals surface area contributed by atoms with Crippen LogP contribution in [0.5, 0.6) is 5.75 Å². The van der Waals surface area contributed by atoms with Crippen LogP contribution >= 0.6 is 0 Å². The second-order valence-corrected chi connectivity index (χ2v) is 7.16. The maximum Gasteiger partial charge on any atom is 0.331 e. The van der Waals surface area contributed by atoms with Crippen LogP contribution in [-0.4, -0.2) is 39.6 Å². The number of aromatic nitrogens is 4. The number of hydrogen-bond acceptors (Lipinski definition) is 7. The number of ether oxygens (including phenoxy) is 2. The summed E-state index contributed by atoms with van der Waals surface area (Å²) in [4.78, 5) is 30.5. The molecule has 9 heteroatoms. The minimum absolute atomic E-state index is 0.0495. The van der Waals surface area contributed by atoms with Crippen molar-refractivity contribution in [2.45, 2.75) is 26.4 Å². The van der Waals surface area contributed by atoms with Gasteiger partial charge in [-0.3, -0.25) is 13.9 Å². The summed E-state index contributed by atoms with van der Waals surface area (Å²) in [5.41, 5.74) is 0.542. The fraction of sp³-hybridized carbons (Fsp3) is 0.304. The third-order valence-electron chi connectivity index (χ3n) is 5.05. The van der Waals surface area contributed by atoms with Crippen LogP contribution in [-0.2, 0) is 17.8 Å². The molecule has 0 radical (unpaired) electrons. The van der Waals surface area contributed by atoms with Gasteiger partial charge in [0.15, 0.2) is 0 Å². The first-order valence-corrected chi connectivity index (χ1v) is 10.4. The van der Waals surface area contributed by atoms with Crippen molar-refractivity contribution < 1.29 is 14.0 Å². The van der Waals surface area contributed by atoms with E-state index in [0.717, 1.165) is 11.3 Å². The Kier molecular flexibility index (Phi) is 6.46. The van der Waals surface area contributed by atoms with E-state index in [9.17, 15) is 9.59 Å². The van der Waals surface area contributed by atoms with E-state index in [4.69, 9.17) is 14.0 Å². The molecule has 2 heterocycles. The van der Waals surface area contributed by atoms with Crippen LogP contribution < -0.4 is 16.0 Å². The van der Waals surface area contributed by atoms with Crippen molar-refractivity contribution in [3.63, 3.8) is 0 Å². The molecular formula is C23H24N4O5. The Morgan fingerprint density at radius 3 is 2.56 bits per heavy atom. The number of hydrogen-bond donors (Lipinski definition) is 0. The fourth-order valence-corrected chi connectivity index (χ4v) is 3.53. The molecule has 166 valence electrons. The molecule has 0 N–H and O–H groups in total. The average molecular weight is 436 g/mol. The number of rotatable bonds is 9. The fourth-order valence-electron chi connectivity index (χ4n) is 3.53. The number of benzene rings is 2. The highest BCUT2D eigenvalue weighted by Gasteiger charge is 2.16. The molecule has 0 aliphatic heterocycles. The second kappa shape index (κ2) is 9.61. The quantitative estimate of drug-likeness (QED) is 0.372. The summed E-state index contributed by atoms with van der Waals surface area (Å²) in [5, 5.41) is 4.50. The van der Waals surface area contributed by atoms with Crippen LogP contribution in [0.1, 0.15) is 19.2 Å². The summed E-state index contributed by atoms with van der Waals surface area (Å²) >= 11 is 0. The molecule has 0 spiro atoms. The summed E-state index contributed by atoms with van der Waals surface area (Å²) < 4.78 is 18.6. The van der Waals surface area contributed by atoms with Crippen molar-refractivity contribution in [1.29, 1.82) is 0 Å². The van der Waals surface area contributed by atoms with Crippen LogP contribution in [0.4, 0.5) is 0 Å². The minimum atomic E-state index is -0.425. The van der Waals surface area contributed by atoms with Gasteiger partial charge in [-0.1, -0.05) is 17.3 Å². The summed E-state index contributed by atoms with van der Waals surface area (Å²) in [6.07, 6.45) is 0.548. The third kappa shape index (κ3) is 4.33. The first-order chi connectivity index (χ1) is 15.6. The lowest BCUT2D eigenvalue weighted by molar-refractivity contribution is 0.189. The van der Waals surface area contributed by atoms with E-state index in [1.54, 1.807) is 31.4 Å². The van der Waals surface area contributed by atoms with Crippen molar-refractivity contribution in [3.05, 3.63) is 75.3 Å². The van der Waals surface area contributed by atoms with Crippen LogP contribution in [0.25, 0.3) is 22.3 Å². The molecule has 4 rings (SSSR count). The van der Waals surface area contributed by atoms with Gasteiger partial charge >= 0.3 is 5.69 Å². The Bertz CT molecular complexity index is 1320. The zero-order chi connectivity index (χ0) is 22.5. The highest BCUT2D eigenvalue weighted by atomic mass is 16.5. The minimum Gasteiger partial charge on any atom is -0.494 e. The Morgan fingerprint density at radius 1 is 1.03 bits per heavy atom. The van der Waals surface area contributed by atoms with Crippen LogP contribution in [0.3, 0.4) is 0 Å². The van der Waals surface area contributed by atoms with Gasteiger partial charge in [-0.05, 0) is 49.7 Å². The summed E-state index contributed by atoms with van der Waals surface area (Å²) in [6, 6.07) is 14.4. The molecule has 2 aromatic carbocycles. The molecule has 9 nitrogen and oxygen atoms in total. The Balaban J connectivity index is 1.68. The van der Waals surface area contributed by atoms with Crippen molar-refractivity contribution in [1.82, 2.24) is 19.3 Å². The Morgan fingerprint density at radius 2 is 1.81 bits per heavy atom. The lowest BCUT2D eigenvalue weighted by atomic mass is 10.2. The van der Waals surface area contributed by atoms with E-state index in [2.05, 4.69) is 10.1 Å². The molecule has 0 unspecified atom stereocenters. The summed E-state index contributed by atoms with van der Waals surface area (Å²) in [7, 11) is 1.58. The molecule has 4 aromatic rings. The standard InChI is InChI=1S/C23H24N4O5/c1-3-31-17-11-9-16(10-12-17)21-24-20(32-25-21)15-27-19-8-5-4-7-18(19)22(28)26(23(27)29)13-6-14-30-2/h4-5,7-12H,3,6,13-15H2,1-2H3. The van der Waals surface area contributed by atoms with Crippen LogP contribution in [0, 0.1) is 0 Å². The monoisotopic (exact) mass is 436 g/mol. The van der Waals surface area contributed by atoms with Gasteiger partial charge in [-0.15, -0.1) is 0 Å². The average Bonchev–Trinajstić information content (AvgIpc) is 3.28. The van der Waals surface area contributed by atoms with Crippen molar-refractivity contribution in [2.75, 3.05) is 20.3 Å². The molecule has 0 atom stereocenters. The van der Waals surface area contributed by atoms with E-state index in [1.165, 1.54) is 9.13 Å². The zero-order valence-corrected chi connectivity index (χ0v) is 18.0. The maximum atomic E-state index is 13.2. The van der Waals surface area contributed by atoms with Gasteiger partial charge in [0, 0.05) is 25.8 Å². The third-order valence-corrected chi connectivity index (χ3v) is 5.05. The van der Waals surface area contributed by atoms with Crippen molar-refractivity contribution >= 4 is 10.9 Å². The highest BCUT2D eigenvalue weighted by molar-refractivity contribution is 5.77. The molecule has 0 amide bonds. The molecular weight excluding hydrogens is 412 g/mol. The van der Waals surface area contributed by atoms with E-state index in [1.807, 2.05) is 31.2 Å². The van der Waals surface area contributed by atoms with Gasteiger partial charge in [0.1, 0.15) is 12.3 Å². The van der Waals surface area contributed by atoms with E-state index in [-0.39, 0.29) is 24.5 Å². The van der Waals surface area contributed by atoms with Crippen molar-refractivity contribution in [3.8, 4) is 17.1 Å². The number of methoxy groups -OCH3 is 1. The molecule has 32 heavy (non-hydrogen) atoms. The predicted molar refractivity (Wildman–Crippen MR) is 119 cm³/mol. The summed E-state index contributed by atoms with van der Waals surface area (Å²) in [5.74, 6) is 1.44. The number of para-hydroxylation sites is 1. The smallest absolute Gasteiger partial charge is 0.331 e. The van der Waals surface area contributed by atoms with Gasteiger partial charge in [0.05, 0.1) is 17.5 Å². The molecule has 0 fully saturated rings. The van der Waals surface area contributed by atoms with Gasteiger partial charge in [-0.2, -0.15) is 4.98 Å². The van der Waals surface area contributed by atoms with E-state index in [0.29, 0.717) is 36.4 Å². The van der Waals surface area contributed by atoms with Crippen molar-refractivity contribution in [2.24, 2.45) is 0 Å². The molecule has 0 saturated heterocycles. The first-order valence-electron chi connectivity index (χ1n) is 10.4. The van der Waals surface area contributed by atoms with Gasteiger partial charge in [0.2, 0.25) is 11.7 Å². The molecule has 0 aliphatic carbocycles. The van der Waals surface area contributed by atoms with Gasteiger partial charge < -0.3 is 14.0 Å². The Labute approximate surface area is 183 Å². The number of fused-ring (bicyclic) bond motifs is 1. The topological polar surface area (TPSA) is 101 Å². The largest absolute Gasteiger partial charge is 0.494 e. The van der Waals surface area contributed by atoms with E-state index >= 15 is 0 Å². The molecule has 0 saturated carbocycles. The van der Waals surface area contributed by atoms with Gasteiger partial charge in [0.25, 0.3) is 5.56 Å². The molecule has 0 bridgehead atoms. The second-order valence-electron chi connectivity index (χ2n) is 7.16.